The molecule has 19 heavy (non-hydrogen) atoms. The Balaban J connectivity index is 2.53. The van der Waals surface area contributed by atoms with Gasteiger partial charge in [-0.15, -0.1) is 0 Å². The van der Waals surface area contributed by atoms with Crippen molar-refractivity contribution in [2.24, 2.45) is 5.92 Å². The molecule has 0 aromatic rings. The molecule has 0 bridgehead atoms. The predicted molar refractivity (Wildman–Crippen MR) is 71.8 cm³/mol. The average Bonchev–Trinajstić information content (AvgIpc) is 2.29. The van der Waals surface area contributed by atoms with Gasteiger partial charge in [-0.2, -0.15) is 0 Å². The Hall–Kier alpha value is -1.10. The third-order valence-electron chi connectivity index (χ3n) is 3.48. The van der Waals surface area contributed by atoms with Crippen LogP contribution in [0.2, 0.25) is 0 Å². The summed E-state index contributed by atoms with van der Waals surface area (Å²) in [5.41, 5.74) is 0. The zero-order chi connectivity index (χ0) is 14.3. The molecule has 5 nitrogen and oxygen atoms in total. The molecule has 1 saturated carbocycles. The van der Waals surface area contributed by atoms with Crippen molar-refractivity contribution in [2.75, 3.05) is 6.61 Å². The molecule has 0 heterocycles. The van der Waals surface area contributed by atoms with Crippen molar-refractivity contribution in [1.29, 1.82) is 0 Å². The highest BCUT2D eigenvalue weighted by Gasteiger charge is 2.29. The van der Waals surface area contributed by atoms with Gasteiger partial charge in [-0.3, -0.25) is 9.59 Å². The van der Waals surface area contributed by atoms with Crippen molar-refractivity contribution in [3.63, 3.8) is 0 Å². The van der Waals surface area contributed by atoms with Gasteiger partial charge in [0.1, 0.15) is 6.61 Å². The van der Waals surface area contributed by atoms with E-state index in [2.05, 4.69) is 5.32 Å². The van der Waals surface area contributed by atoms with E-state index in [4.69, 9.17) is 4.74 Å². The maximum Gasteiger partial charge on any atom is 0.308 e. The van der Waals surface area contributed by atoms with Crippen molar-refractivity contribution in [1.82, 2.24) is 5.32 Å². The maximum atomic E-state index is 11.8. The maximum absolute atomic E-state index is 11.8. The average molecular weight is 271 g/mol. The van der Waals surface area contributed by atoms with Crippen molar-refractivity contribution in [3.8, 4) is 0 Å². The van der Waals surface area contributed by atoms with E-state index in [-0.39, 0.29) is 24.7 Å². The molecule has 5 heteroatoms. The normalized spacial score (nSPS) is 24.6. The van der Waals surface area contributed by atoms with Gasteiger partial charge >= 0.3 is 5.97 Å². The molecule has 2 unspecified atom stereocenters. The number of carbonyl (C=O) groups is 2. The van der Waals surface area contributed by atoms with Gasteiger partial charge in [0.05, 0.1) is 12.0 Å². The first-order valence-corrected chi connectivity index (χ1v) is 7.14. The summed E-state index contributed by atoms with van der Waals surface area (Å²) < 4.78 is 5.24. The lowest BCUT2D eigenvalue weighted by atomic mass is 9.87. The summed E-state index contributed by atoms with van der Waals surface area (Å²) in [7, 11) is 0. The summed E-state index contributed by atoms with van der Waals surface area (Å²) in [5, 5.41) is 12.1. The highest BCUT2D eigenvalue weighted by Crippen LogP contribution is 2.23. The van der Waals surface area contributed by atoms with E-state index in [0.29, 0.717) is 6.42 Å². The summed E-state index contributed by atoms with van der Waals surface area (Å²) in [4.78, 5) is 23.0. The van der Waals surface area contributed by atoms with Crippen LogP contribution in [0.3, 0.4) is 0 Å². The molecule has 2 atom stereocenters. The van der Waals surface area contributed by atoms with Crippen molar-refractivity contribution in [2.45, 2.75) is 64.5 Å². The van der Waals surface area contributed by atoms with Gasteiger partial charge in [0, 0.05) is 6.04 Å². The molecular weight excluding hydrogens is 246 g/mol. The van der Waals surface area contributed by atoms with Gasteiger partial charge in [-0.25, -0.2) is 0 Å². The van der Waals surface area contributed by atoms with Crippen LogP contribution < -0.4 is 5.32 Å². The second kappa shape index (κ2) is 8.15. The lowest BCUT2D eigenvalue weighted by Crippen LogP contribution is -2.45. The van der Waals surface area contributed by atoms with Crippen molar-refractivity contribution < 1.29 is 19.4 Å². The lowest BCUT2D eigenvalue weighted by molar-refractivity contribution is -0.144. The highest BCUT2D eigenvalue weighted by atomic mass is 16.5. The molecule has 1 rings (SSSR count). The van der Waals surface area contributed by atoms with E-state index < -0.39 is 11.9 Å². The second-order valence-corrected chi connectivity index (χ2v) is 5.47. The molecule has 0 aromatic heterocycles. The van der Waals surface area contributed by atoms with E-state index >= 15 is 0 Å². The quantitative estimate of drug-likeness (QED) is 0.801. The first-order chi connectivity index (χ1) is 9.00. The van der Waals surface area contributed by atoms with Crippen LogP contribution in [0.5, 0.6) is 0 Å². The number of hydrogen-bond acceptors (Lipinski definition) is 3. The molecule has 1 amide bonds. The van der Waals surface area contributed by atoms with Gasteiger partial charge in [0.2, 0.25) is 5.91 Å². The van der Waals surface area contributed by atoms with Crippen molar-refractivity contribution in [3.05, 3.63) is 0 Å². The number of carboxylic acid groups (broad SMARTS) is 1. The topological polar surface area (TPSA) is 75.6 Å². The fraction of sp³-hybridized carbons (Fsp3) is 0.857. The lowest BCUT2D eigenvalue weighted by Gasteiger charge is -2.27. The van der Waals surface area contributed by atoms with Crippen molar-refractivity contribution >= 4 is 11.9 Å². The Morgan fingerprint density at radius 3 is 2.42 bits per heavy atom. The molecule has 0 radical (unpaired) electrons. The van der Waals surface area contributed by atoms with Crippen LogP contribution >= 0.6 is 0 Å². The van der Waals surface area contributed by atoms with Crippen LogP contribution in [-0.4, -0.2) is 35.7 Å². The number of aliphatic carboxylic acids is 1. The van der Waals surface area contributed by atoms with Gasteiger partial charge in [0.15, 0.2) is 0 Å². The minimum Gasteiger partial charge on any atom is -0.481 e. The van der Waals surface area contributed by atoms with Crippen LogP contribution in [0.4, 0.5) is 0 Å². The molecule has 1 aliphatic carbocycles. The zero-order valence-electron chi connectivity index (χ0n) is 11.9. The fourth-order valence-corrected chi connectivity index (χ4v) is 2.44. The molecule has 0 saturated heterocycles. The molecule has 0 aliphatic heterocycles. The van der Waals surface area contributed by atoms with E-state index in [1.807, 2.05) is 13.8 Å². The van der Waals surface area contributed by atoms with Crippen LogP contribution in [0.15, 0.2) is 0 Å². The fourth-order valence-electron chi connectivity index (χ4n) is 2.44. The molecule has 2 N–H and O–H groups in total. The molecule has 1 aliphatic rings. The Kier molecular flexibility index (Phi) is 6.84. The van der Waals surface area contributed by atoms with Crippen LogP contribution in [-0.2, 0) is 14.3 Å². The number of hydrogen-bond donors (Lipinski definition) is 2. The first kappa shape index (κ1) is 16.0. The summed E-state index contributed by atoms with van der Waals surface area (Å²) in [6, 6.07) is -0.263. The number of rotatable bonds is 5. The van der Waals surface area contributed by atoms with E-state index in [9.17, 15) is 14.7 Å². The molecular formula is C14H25NO4. The van der Waals surface area contributed by atoms with Gasteiger partial charge in [0.25, 0.3) is 0 Å². The smallest absolute Gasteiger partial charge is 0.308 e. The minimum atomic E-state index is -0.808. The van der Waals surface area contributed by atoms with Gasteiger partial charge in [-0.1, -0.05) is 25.7 Å². The van der Waals surface area contributed by atoms with E-state index in [1.165, 1.54) is 0 Å². The third kappa shape index (κ3) is 6.05. The summed E-state index contributed by atoms with van der Waals surface area (Å²) in [6.45, 7) is 3.73. The highest BCUT2D eigenvalue weighted by molar-refractivity contribution is 5.79. The Morgan fingerprint density at radius 2 is 1.84 bits per heavy atom. The van der Waals surface area contributed by atoms with E-state index in [1.54, 1.807) is 0 Å². The third-order valence-corrected chi connectivity index (χ3v) is 3.48. The minimum absolute atomic E-state index is 0.000502. The Bertz CT molecular complexity index is 304. The zero-order valence-corrected chi connectivity index (χ0v) is 11.9. The van der Waals surface area contributed by atoms with E-state index in [0.717, 1.165) is 32.1 Å². The number of carboxylic acids is 1. The first-order valence-electron chi connectivity index (χ1n) is 7.14. The summed E-state index contributed by atoms with van der Waals surface area (Å²) >= 11 is 0. The summed E-state index contributed by atoms with van der Waals surface area (Å²) in [5.74, 6) is -1.49. The van der Waals surface area contributed by atoms with Crippen LogP contribution in [0, 0.1) is 5.92 Å². The number of amides is 1. The number of carbonyl (C=O) groups excluding carboxylic acids is 1. The monoisotopic (exact) mass is 271 g/mol. The standard InChI is InChI=1S/C14H25NO4/c1-10(2)19-9-13(16)15-12-8-6-4-3-5-7-11(12)14(17)18/h10-12H,3-9H2,1-2H3,(H,15,16)(H,17,18). The number of ether oxygens (including phenoxy) is 1. The van der Waals surface area contributed by atoms with Crippen LogP contribution in [0.1, 0.15) is 52.4 Å². The number of nitrogens with one attached hydrogen (secondary N) is 1. The van der Waals surface area contributed by atoms with Gasteiger partial charge < -0.3 is 15.2 Å². The summed E-state index contributed by atoms with van der Waals surface area (Å²) in [6.07, 6.45) is 5.47. The SMILES string of the molecule is CC(C)OCC(=O)NC1CCCCCCC1C(=O)O. The molecule has 110 valence electrons. The largest absolute Gasteiger partial charge is 0.481 e. The van der Waals surface area contributed by atoms with Crippen LogP contribution in [0.25, 0.3) is 0 Å². The Labute approximate surface area is 114 Å². The second-order valence-electron chi connectivity index (χ2n) is 5.47. The predicted octanol–water partition coefficient (Wildman–Crippen LogP) is 1.95. The molecule has 1 fully saturated rings. The molecule has 0 spiro atoms. The van der Waals surface area contributed by atoms with Gasteiger partial charge in [-0.05, 0) is 26.7 Å². The molecule has 0 aromatic carbocycles. The Morgan fingerprint density at radius 1 is 1.21 bits per heavy atom.